The number of aliphatic hydroxyl groups excluding tert-OH is 1. The maximum atomic E-state index is 12.6. The summed E-state index contributed by atoms with van der Waals surface area (Å²) in [5.41, 5.74) is 3.95. The predicted octanol–water partition coefficient (Wildman–Crippen LogP) is 6.38. The number of benzene rings is 2. The topological polar surface area (TPSA) is 87.2 Å². The Kier molecular flexibility index (Phi) is 8.40. The minimum Gasteiger partial charge on any atom is -0.466 e. The van der Waals surface area contributed by atoms with E-state index in [1.165, 1.54) is 0 Å². The number of amides is 1. The van der Waals surface area contributed by atoms with Gasteiger partial charge in [-0.05, 0) is 56.0 Å². The fraction of sp³-hybridized carbons (Fsp3) is 0.357. The normalized spacial score (nSPS) is 11.6. The van der Waals surface area contributed by atoms with Gasteiger partial charge in [0.15, 0.2) is 6.61 Å². The Labute approximate surface area is 222 Å². The van der Waals surface area contributed by atoms with Gasteiger partial charge in [-0.1, -0.05) is 67.9 Å². The highest BCUT2D eigenvalue weighted by Crippen LogP contribution is 2.38. The third-order valence-corrected chi connectivity index (χ3v) is 6.17. The molecule has 0 saturated heterocycles. The van der Waals surface area contributed by atoms with E-state index in [4.69, 9.17) is 27.9 Å². The first kappa shape index (κ1) is 27.6. The zero-order valence-corrected chi connectivity index (χ0v) is 22.9. The number of nitrogens with one attached hydrogen (secondary N) is 2. The van der Waals surface area contributed by atoms with Crippen LogP contribution in [-0.2, 0) is 10.2 Å². The zero-order chi connectivity index (χ0) is 26.7. The maximum absolute atomic E-state index is 12.6. The third kappa shape index (κ3) is 6.82. The molecule has 0 aliphatic rings. The Morgan fingerprint density at radius 2 is 1.83 bits per heavy atom. The van der Waals surface area contributed by atoms with Crippen molar-refractivity contribution in [2.24, 2.45) is 5.41 Å². The summed E-state index contributed by atoms with van der Waals surface area (Å²) in [6, 6.07) is 11.0. The van der Waals surface area contributed by atoms with Crippen molar-refractivity contribution in [1.82, 2.24) is 10.2 Å². The number of aromatic nitrogens is 2. The number of hydrogen-bond donors (Lipinski definition) is 3. The van der Waals surface area contributed by atoms with Crippen LogP contribution < -0.4 is 10.1 Å². The summed E-state index contributed by atoms with van der Waals surface area (Å²) in [6.45, 7) is 11.6. The molecule has 190 valence electrons. The molecule has 1 amide bonds. The van der Waals surface area contributed by atoms with Crippen molar-refractivity contribution in [1.29, 1.82) is 0 Å². The molecule has 0 spiro atoms. The average molecular weight is 528 g/mol. The molecule has 0 atom stereocenters. The molecule has 3 aromatic rings. The molecule has 0 radical (unpaired) electrons. The van der Waals surface area contributed by atoms with Crippen molar-refractivity contribution in [2.45, 2.75) is 47.0 Å². The summed E-state index contributed by atoms with van der Waals surface area (Å²) in [5.74, 6) is 5.89. The van der Waals surface area contributed by atoms with Crippen LogP contribution in [0.25, 0.3) is 11.1 Å². The largest absolute Gasteiger partial charge is 0.466 e. The number of carbonyl (C=O) groups excluding carboxylic acids is 1. The number of halogens is 2. The number of aliphatic hydroxyl groups is 1. The number of hydrogen-bond acceptors (Lipinski definition) is 4. The van der Waals surface area contributed by atoms with E-state index in [2.05, 4.69) is 48.1 Å². The molecule has 36 heavy (non-hydrogen) atoms. The van der Waals surface area contributed by atoms with Crippen molar-refractivity contribution >= 4 is 34.8 Å². The molecule has 8 heteroatoms. The van der Waals surface area contributed by atoms with E-state index in [0.29, 0.717) is 26.9 Å². The Balaban J connectivity index is 1.71. The van der Waals surface area contributed by atoms with Crippen molar-refractivity contribution in [3.63, 3.8) is 0 Å². The fourth-order valence-corrected chi connectivity index (χ4v) is 3.81. The Hall–Kier alpha value is -2.98. The minimum absolute atomic E-state index is 0.0346. The highest BCUT2D eigenvalue weighted by atomic mass is 35.5. The molecule has 3 N–H and O–H groups in total. The van der Waals surface area contributed by atoms with Gasteiger partial charge < -0.3 is 15.2 Å². The summed E-state index contributed by atoms with van der Waals surface area (Å²) in [7, 11) is 0. The van der Waals surface area contributed by atoms with Gasteiger partial charge >= 0.3 is 0 Å². The van der Waals surface area contributed by atoms with Gasteiger partial charge in [0, 0.05) is 27.3 Å². The molecule has 1 heterocycles. The van der Waals surface area contributed by atoms with Crippen LogP contribution in [0, 0.1) is 24.2 Å². The second kappa shape index (κ2) is 11.0. The van der Waals surface area contributed by atoms with Gasteiger partial charge in [0.25, 0.3) is 5.91 Å². The van der Waals surface area contributed by atoms with E-state index in [9.17, 15) is 9.90 Å². The molecule has 0 saturated carbocycles. The first-order valence-electron chi connectivity index (χ1n) is 11.5. The lowest BCUT2D eigenvalue weighted by molar-refractivity contribution is -0.118. The highest BCUT2D eigenvalue weighted by Gasteiger charge is 2.21. The lowest BCUT2D eigenvalue weighted by Gasteiger charge is -2.20. The Morgan fingerprint density at radius 1 is 1.11 bits per heavy atom. The molecule has 0 aliphatic carbocycles. The second-order valence-electron chi connectivity index (χ2n) is 10.3. The molecular formula is C28H31Cl2N3O3. The smallest absolute Gasteiger partial charge is 0.262 e. The monoisotopic (exact) mass is 527 g/mol. The molecule has 1 aromatic heterocycles. The molecular weight excluding hydrogens is 497 g/mol. The number of ether oxygens (including phenoxy) is 1. The van der Waals surface area contributed by atoms with Crippen molar-refractivity contribution in [3.05, 3.63) is 63.3 Å². The zero-order valence-electron chi connectivity index (χ0n) is 21.3. The number of aryl methyl sites for hydroxylation is 1. The van der Waals surface area contributed by atoms with Crippen LogP contribution in [0.2, 0.25) is 10.0 Å². The highest BCUT2D eigenvalue weighted by molar-refractivity contribution is 6.34. The van der Waals surface area contributed by atoms with Gasteiger partial charge in [0.1, 0.15) is 0 Å². The number of carbonyl (C=O) groups is 1. The molecule has 0 aliphatic heterocycles. The fourth-order valence-electron chi connectivity index (χ4n) is 3.31. The van der Waals surface area contributed by atoms with Gasteiger partial charge in [-0.15, -0.1) is 5.10 Å². The average Bonchev–Trinajstić information content (AvgIpc) is 3.17. The maximum Gasteiger partial charge on any atom is 0.262 e. The molecule has 3 rings (SSSR count). The van der Waals surface area contributed by atoms with Gasteiger partial charge in [0.05, 0.1) is 22.9 Å². The summed E-state index contributed by atoms with van der Waals surface area (Å²) in [4.78, 5) is 12.6. The van der Waals surface area contributed by atoms with Crippen LogP contribution in [0.4, 0.5) is 5.69 Å². The first-order valence-corrected chi connectivity index (χ1v) is 12.3. The third-order valence-electron chi connectivity index (χ3n) is 5.54. The molecule has 0 unspecified atom stereocenters. The quantitative estimate of drug-likeness (QED) is 0.324. The molecule has 0 bridgehead atoms. The van der Waals surface area contributed by atoms with Crippen LogP contribution in [-0.4, -0.2) is 34.4 Å². The lowest BCUT2D eigenvalue weighted by Crippen LogP contribution is -2.20. The van der Waals surface area contributed by atoms with E-state index < -0.39 is 11.3 Å². The van der Waals surface area contributed by atoms with E-state index in [0.717, 1.165) is 16.8 Å². The van der Waals surface area contributed by atoms with Crippen LogP contribution in [0.1, 0.15) is 51.4 Å². The summed E-state index contributed by atoms with van der Waals surface area (Å²) >= 11 is 13.0. The summed E-state index contributed by atoms with van der Waals surface area (Å²) in [5, 5.41) is 20.1. The van der Waals surface area contributed by atoms with E-state index in [1.54, 1.807) is 18.2 Å². The van der Waals surface area contributed by atoms with Crippen molar-refractivity contribution < 1.29 is 14.6 Å². The molecule has 6 nitrogen and oxygen atoms in total. The van der Waals surface area contributed by atoms with Gasteiger partial charge in [-0.2, -0.15) is 0 Å². The van der Waals surface area contributed by atoms with Crippen LogP contribution in [0.5, 0.6) is 5.88 Å². The van der Waals surface area contributed by atoms with Crippen LogP contribution in [0.15, 0.2) is 36.4 Å². The standard InChI is InChI=1S/C28H31Cl2N3O3/c1-17-25(20-9-8-19(14-21(20)29)27(2,3)4)26(33-32-17)36-15-24(35)31-23-10-7-18(13-22(23)30)11-12-28(5,6)16-34/h7-10,13-14,34H,15-16H2,1-6H3,(H,31,35)(H,32,33). The lowest BCUT2D eigenvalue weighted by atomic mass is 9.86. The Morgan fingerprint density at radius 3 is 2.44 bits per heavy atom. The number of rotatable bonds is 6. The van der Waals surface area contributed by atoms with Crippen LogP contribution in [0.3, 0.4) is 0 Å². The predicted molar refractivity (Wildman–Crippen MR) is 146 cm³/mol. The first-order chi connectivity index (χ1) is 16.8. The van der Waals surface area contributed by atoms with E-state index >= 15 is 0 Å². The van der Waals surface area contributed by atoms with E-state index in [-0.39, 0.29) is 24.5 Å². The number of nitrogens with zero attached hydrogens (tertiary/aromatic N) is 1. The van der Waals surface area contributed by atoms with Crippen molar-refractivity contribution in [3.8, 4) is 28.8 Å². The number of anilines is 1. The van der Waals surface area contributed by atoms with Gasteiger partial charge in [-0.3, -0.25) is 9.89 Å². The number of H-pyrrole nitrogens is 1. The van der Waals surface area contributed by atoms with Gasteiger partial charge in [-0.25, -0.2) is 0 Å². The van der Waals surface area contributed by atoms with Crippen LogP contribution >= 0.6 is 23.2 Å². The summed E-state index contributed by atoms with van der Waals surface area (Å²) in [6.07, 6.45) is 0. The van der Waals surface area contributed by atoms with Gasteiger partial charge in [0.2, 0.25) is 5.88 Å². The number of aromatic amines is 1. The molecule has 0 fully saturated rings. The minimum atomic E-state index is -0.515. The molecule has 2 aromatic carbocycles. The second-order valence-corrected chi connectivity index (χ2v) is 11.1. The Bertz CT molecular complexity index is 1330. The summed E-state index contributed by atoms with van der Waals surface area (Å²) < 4.78 is 5.75. The van der Waals surface area contributed by atoms with E-state index in [1.807, 2.05) is 39.0 Å². The van der Waals surface area contributed by atoms with Crippen molar-refractivity contribution in [2.75, 3.05) is 18.5 Å². The SMILES string of the molecule is Cc1[nH]nc(OCC(=O)Nc2ccc(C#CC(C)(C)CO)cc2Cl)c1-c1ccc(C(C)(C)C)cc1Cl.